The molecule has 0 spiro atoms. The van der Waals surface area contributed by atoms with Crippen LogP contribution in [0.3, 0.4) is 0 Å². The molecular weight excluding hydrogens is 278 g/mol. The lowest BCUT2D eigenvalue weighted by Crippen LogP contribution is -2.29. The molecule has 1 amide bonds. The first-order valence-corrected chi connectivity index (χ1v) is 7.00. The molecule has 3 aromatic rings. The molecule has 0 aliphatic heterocycles. The number of hydrogen-bond acceptors (Lipinski definition) is 4. The molecule has 2 heterocycles. The zero-order valence-electron chi connectivity index (χ0n) is 12.2. The van der Waals surface area contributed by atoms with Gasteiger partial charge in [-0.2, -0.15) is 5.10 Å². The number of hydrogen-bond donors (Lipinski definition) is 3. The van der Waals surface area contributed by atoms with Gasteiger partial charge in [-0.25, -0.2) is 4.98 Å². The van der Waals surface area contributed by atoms with Crippen molar-refractivity contribution >= 4 is 16.8 Å². The second-order valence-corrected chi connectivity index (χ2v) is 4.96. The van der Waals surface area contributed by atoms with Gasteiger partial charge >= 0.3 is 0 Å². The van der Waals surface area contributed by atoms with Gasteiger partial charge in [0.05, 0.1) is 11.2 Å². The topological polar surface area (TPSA) is 96.7 Å². The van der Waals surface area contributed by atoms with E-state index in [1.807, 2.05) is 25.1 Å². The number of carbonyl (C=O) groups excluding carboxylic acids is 1. The second kappa shape index (κ2) is 5.95. The molecule has 0 saturated heterocycles. The van der Waals surface area contributed by atoms with Crippen LogP contribution in [0, 0.1) is 13.0 Å². The molecule has 0 aliphatic carbocycles. The third kappa shape index (κ3) is 2.68. The molecule has 1 radical (unpaired) electrons. The van der Waals surface area contributed by atoms with E-state index in [2.05, 4.69) is 26.6 Å². The fourth-order valence-electron chi connectivity index (χ4n) is 2.23. The number of nitrogens with two attached hydrogens (primary N) is 1. The monoisotopic (exact) mass is 294 g/mol. The molecule has 0 aliphatic rings. The lowest BCUT2D eigenvalue weighted by molar-refractivity contribution is 0.0949. The normalized spacial score (nSPS) is 10.8. The Morgan fingerprint density at radius 1 is 1.41 bits per heavy atom. The minimum atomic E-state index is -0.266. The Bertz CT molecular complexity index is 807. The number of fused-ring (bicyclic) bond motifs is 1. The maximum absolute atomic E-state index is 11.8. The Morgan fingerprint density at radius 2 is 2.27 bits per heavy atom. The zero-order chi connectivity index (χ0) is 15.5. The highest BCUT2D eigenvalue weighted by Gasteiger charge is 2.08. The number of carbonyl (C=O) groups is 1. The molecule has 4 N–H and O–H groups in total. The molecule has 0 saturated carbocycles. The first-order valence-electron chi connectivity index (χ1n) is 7.00. The summed E-state index contributed by atoms with van der Waals surface area (Å²) in [6.07, 6.45) is 1.67. The van der Waals surface area contributed by atoms with Crippen molar-refractivity contribution < 1.29 is 4.79 Å². The molecule has 0 bridgehead atoms. The van der Waals surface area contributed by atoms with Crippen molar-refractivity contribution in [2.24, 2.45) is 5.73 Å². The van der Waals surface area contributed by atoms with Gasteiger partial charge < -0.3 is 11.1 Å². The van der Waals surface area contributed by atoms with E-state index in [0.717, 1.165) is 27.7 Å². The smallest absolute Gasteiger partial charge is 0.270 e. The van der Waals surface area contributed by atoms with Crippen molar-refractivity contribution in [3.05, 3.63) is 47.9 Å². The van der Waals surface area contributed by atoms with E-state index < -0.39 is 0 Å². The molecule has 6 heteroatoms. The van der Waals surface area contributed by atoms with Crippen LogP contribution in [-0.2, 0) is 0 Å². The van der Waals surface area contributed by atoms with Crippen LogP contribution in [0.1, 0.15) is 16.2 Å². The number of nitrogens with one attached hydrogen (secondary N) is 2. The van der Waals surface area contributed by atoms with Gasteiger partial charge in [0.1, 0.15) is 5.69 Å². The van der Waals surface area contributed by atoms with Crippen LogP contribution in [0.25, 0.3) is 22.0 Å². The highest BCUT2D eigenvalue weighted by molar-refractivity contribution is 5.92. The SMILES string of the molecule is Cc1n[nH]c2ccc(-c3c[c]c(C(=O)NCCN)nc3)cc12. The molecule has 2 aromatic heterocycles. The average molecular weight is 294 g/mol. The number of rotatable bonds is 4. The standard InChI is InChI=1S/C16H16N5O/c1-10-13-8-11(2-4-14(13)21-20-10)12-3-5-15(19-9-12)16(22)18-7-6-17/h2-4,8-9H,6-7,17H2,1H3,(H,18,22)(H,20,21). The van der Waals surface area contributed by atoms with E-state index in [4.69, 9.17) is 5.73 Å². The van der Waals surface area contributed by atoms with E-state index in [-0.39, 0.29) is 11.6 Å². The molecule has 0 unspecified atom stereocenters. The summed E-state index contributed by atoms with van der Waals surface area (Å²) in [5, 5.41) is 10.9. The summed E-state index contributed by atoms with van der Waals surface area (Å²) in [6.45, 7) is 2.78. The van der Waals surface area contributed by atoms with Gasteiger partial charge in [-0.15, -0.1) is 0 Å². The lowest BCUT2D eigenvalue weighted by atomic mass is 10.0. The van der Waals surface area contributed by atoms with Crippen LogP contribution in [-0.4, -0.2) is 34.2 Å². The minimum Gasteiger partial charge on any atom is -0.349 e. The number of nitrogens with zero attached hydrogens (tertiary/aromatic N) is 2. The van der Waals surface area contributed by atoms with E-state index in [9.17, 15) is 4.79 Å². The van der Waals surface area contributed by atoms with E-state index in [0.29, 0.717) is 13.1 Å². The van der Waals surface area contributed by atoms with Crippen molar-refractivity contribution in [3.8, 4) is 11.1 Å². The van der Waals surface area contributed by atoms with Gasteiger partial charge in [0, 0.05) is 36.3 Å². The summed E-state index contributed by atoms with van der Waals surface area (Å²) >= 11 is 0. The fraction of sp³-hybridized carbons (Fsp3) is 0.188. The molecule has 22 heavy (non-hydrogen) atoms. The Morgan fingerprint density at radius 3 is 3.00 bits per heavy atom. The summed E-state index contributed by atoms with van der Waals surface area (Å²) in [7, 11) is 0. The minimum absolute atomic E-state index is 0.262. The summed E-state index contributed by atoms with van der Waals surface area (Å²) in [6, 6.07) is 10.7. The molecule has 111 valence electrons. The van der Waals surface area contributed by atoms with E-state index in [1.54, 1.807) is 12.3 Å². The molecule has 1 aromatic carbocycles. The molecular formula is C16H16N5O. The summed E-state index contributed by atoms with van der Waals surface area (Å²) < 4.78 is 0. The van der Waals surface area contributed by atoms with Gasteiger partial charge in [-0.3, -0.25) is 9.89 Å². The largest absolute Gasteiger partial charge is 0.349 e. The third-order valence-electron chi connectivity index (χ3n) is 3.43. The summed E-state index contributed by atoms with van der Waals surface area (Å²) in [5.41, 5.74) is 9.47. The van der Waals surface area contributed by atoms with Crippen molar-refractivity contribution in [1.82, 2.24) is 20.5 Å². The number of benzene rings is 1. The molecule has 3 rings (SSSR count). The zero-order valence-corrected chi connectivity index (χ0v) is 12.2. The number of amides is 1. The molecule has 0 atom stereocenters. The van der Waals surface area contributed by atoms with Gasteiger partial charge in [0.15, 0.2) is 0 Å². The quantitative estimate of drug-likeness (QED) is 0.678. The Balaban J connectivity index is 1.87. The first kappa shape index (κ1) is 14.2. The maximum atomic E-state index is 11.8. The summed E-state index contributed by atoms with van der Waals surface area (Å²) in [5.74, 6) is -0.266. The van der Waals surface area contributed by atoms with E-state index >= 15 is 0 Å². The average Bonchev–Trinajstić information content (AvgIpc) is 2.93. The van der Waals surface area contributed by atoms with Gasteiger partial charge in [0.25, 0.3) is 5.91 Å². The summed E-state index contributed by atoms with van der Waals surface area (Å²) in [4.78, 5) is 15.9. The van der Waals surface area contributed by atoms with Crippen LogP contribution in [0.2, 0.25) is 0 Å². The van der Waals surface area contributed by atoms with Crippen molar-refractivity contribution in [2.75, 3.05) is 13.1 Å². The van der Waals surface area contributed by atoms with Crippen LogP contribution in [0.5, 0.6) is 0 Å². The van der Waals surface area contributed by atoms with Crippen molar-refractivity contribution in [1.29, 1.82) is 0 Å². The highest BCUT2D eigenvalue weighted by atomic mass is 16.1. The van der Waals surface area contributed by atoms with Gasteiger partial charge in [0.2, 0.25) is 0 Å². The van der Waals surface area contributed by atoms with E-state index in [1.165, 1.54) is 0 Å². The lowest BCUT2D eigenvalue weighted by Gasteiger charge is -2.05. The fourth-order valence-corrected chi connectivity index (χ4v) is 2.23. The van der Waals surface area contributed by atoms with Crippen LogP contribution in [0.4, 0.5) is 0 Å². The Kier molecular flexibility index (Phi) is 3.84. The number of aromatic nitrogens is 3. The Labute approximate surface area is 127 Å². The van der Waals surface area contributed by atoms with Gasteiger partial charge in [-0.05, 0) is 30.7 Å². The number of aromatic amines is 1. The predicted octanol–water partition coefficient (Wildman–Crippen LogP) is 1.42. The van der Waals surface area contributed by atoms with Crippen LogP contribution in [0.15, 0.2) is 30.5 Å². The number of H-pyrrole nitrogens is 1. The molecule has 0 fully saturated rings. The predicted molar refractivity (Wildman–Crippen MR) is 84.3 cm³/mol. The molecule has 6 nitrogen and oxygen atoms in total. The number of pyridine rings is 1. The van der Waals surface area contributed by atoms with Crippen molar-refractivity contribution in [3.63, 3.8) is 0 Å². The van der Waals surface area contributed by atoms with Crippen molar-refractivity contribution in [2.45, 2.75) is 6.92 Å². The van der Waals surface area contributed by atoms with Gasteiger partial charge in [-0.1, -0.05) is 6.07 Å². The van der Waals surface area contributed by atoms with Crippen LogP contribution >= 0.6 is 0 Å². The Hall–Kier alpha value is -2.73. The second-order valence-electron chi connectivity index (χ2n) is 4.96. The highest BCUT2D eigenvalue weighted by Crippen LogP contribution is 2.24. The first-order chi connectivity index (χ1) is 10.7. The number of aryl methyl sites for hydroxylation is 1. The van der Waals surface area contributed by atoms with Crippen LogP contribution < -0.4 is 11.1 Å². The maximum Gasteiger partial charge on any atom is 0.270 e. The third-order valence-corrected chi connectivity index (χ3v) is 3.43.